The number of aliphatic imine (C=N–C) groups is 1. The van der Waals surface area contributed by atoms with E-state index >= 15 is 0 Å². The average Bonchev–Trinajstić information content (AvgIpc) is 2.54. The fourth-order valence-electron chi connectivity index (χ4n) is 2.08. The summed E-state index contributed by atoms with van der Waals surface area (Å²) < 4.78 is 41.7. The molecule has 0 aromatic heterocycles. The Kier molecular flexibility index (Phi) is 7.77. The van der Waals surface area contributed by atoms with E-state index in [4.69, 9.17) is 5.73 Å². The van der Waals surface area contributed by atoms with E-state index < -0.39 is 6.36 Å². The van der Waals surface area contributed by atoms with Crippen molar-refractivity contribution in [3.63, 3.8) is 0 Å². The molecular weight excluding hydrogens is 435 g/mol. The van der Waals surface area contributed by atoms with E-state index in [1.165, 1.54) is 23.1 Å². The van der Waals surface area contributed by atoms with Gasteiger partial charge in [0.25, 0.3) is 0 Å². The Morgan fingerprint density at radius 3 is 2.54 bits per heavy atom. The smallest absolute Gasteiger partial charge is 0.406 e. The molecule has 2 N–H and O–H groups in total. The molecule has 0 fully saturated rings. The lowest BCUT2D eigenvalue weighted by Gasteiger charge is -2.19. The first-order valence-corrected chi connectivity index (χ1v) is 8.21. The summed E-state index contributed by atoms with van der Waals surface area (Å²) in [6.07, 6.45) is -3.90. The minimum atomic E-state index is -4.75. The number of alkyl halides is 3. The predicted octanol–water partition coefficient (Wildman–Crippen LogP) is 5.41. The normalized spacial score (nSPS) is 11.7. The number of nitrogens with zero attached hydrogens (tertiary/aromatic N) is 2. The van der Waals surface area contributed by atoms with Crippen LogP contribution in [-0.2, 0) is 6.42 Å². The predicted molar refractivity (Wildman–Crippen MR) is 104 cm³/mol. The highest BCUT2D eigenvalue weighted by Gasteiger charge is 2.31. The summed E-state index contributed by atoms with van der Waals surface area (Å²) in [5.41, 5.74) is 8.17. The van der Waals surface area contributed by atoms with Crippen molar-refractivity contribution in [3.05, 3.63) is 52.5 Å². The molecule has 4 nitrogen and oxygen atoms in total. The highest BCUT2D eigenvalue weighted by atomic mass is 79.9. The number of rotatable bonds is 4. The third kappa shape index (κ3) is 6.10. The van der Waals surface area contributed by atoms with Crippen molar-refractivity contribution in [2.75, 3.05) is 11.9 Å². The zero-order chi connectivity index (χ0) is 18.6. The summed E-state index contributed by atoms with van der Waals surface area (Å²) in [6.45, 7) is 2.03. The van der Waals surface area contributed by atoms with Gasteiger partial charge in [-0.05, 0) is 52.2 Å². The molecule has 0 saturated heterocycles. The van der Waals surface area contributed by atoms with Crippen LogP contribution >= 0.6 is 28.3 Å². The summed E-state index contributed by atoms with van der Waals surface area (Å²) in [5, 5.41) is 0. The molecule has 0 aliphatic carbocycles. The number of nitrogens with two attached hydrogens (primary N) is 1. The van der Waals surface area contributed by atoms with Crippen LogP contribution in [-0.4, -0.2) is 19.4 Å². The van der Waals surface area contributed by atoms with E-state index in [0.717, 1.165) is 16.5 Å². The van der Waals surface area contributed by atoms with E-state index in [9.17, 15) is 13.2 Å². The van der Waals surface area contributed by atoms with Gasteiger partial charge in [-0.3, -0.25) is 0 Å². The zero-order valence-corrected chi connectivity index (χ0v) is 16.5. The number of benzene rings is 2. The van der Waals surface area contributed by atoms with Crippen LogP contribution in [0.25, 0.3) is 0 Å². The number of hydrogen-bond acceptors (Lipinski definition) is 2. The molecule has 2 aromatic rings. The fourth-order valence-corrected chi connectivity index (χ4v) is 2.42. The molecule has 0 atom stereocenters. The molecule has 9 heteroatoms. The summed E-state index contributed by atoms with van der Waals surface area (Å²) in [7, 11) is 1.61. The van der Waals surface area contributed by atoms with Crippen LogP contribution in [0.4, 0.5) is 24.5 Å². The SMILES string of the molecule is CCc1ccc(Br)c(N=C(N)N(C)c2cccc(OC(F)(F)F)c2)c1.Cl. The van der Waals surface area contributed by atoms with Crippen molar-refractivity contribution >= 4 is 45.7 Å². The zero-order valence-electron chi connectivity index (χ0n) is 14.0. The summed E-state index contributed by atoms with van der Waals surface area (Å²) in [5.74, 6) is -0.183. The number of guanidine groups is 1. The van der Waals surface area contributed by atoms with E-state index in [1.807, 2.05) is 25.1 Å². The second-order valence-electron chi connectivity index (χ2n) is 5.21. The van der Waals surface area contributed by atoms with Crippen molar-refractivity contribution in [2.24, 2.45) is 10.7 Å². The maximum atomic E-state index is 12.3. The van der Waals surface area contributed by atoms with Crippen LogP contribution in [0, 0.1) is 0 Å². The van der Waals surface area contributed by atoms with Gasteiger partial charge >= 0.3 is 6.36 Å². The molecule has 26 heavy (non-hydrogen) atoms. The molecule has 0 heterocycles. The number of anilines is 1. The molecule has 2 aromatic carbocycles. The number of halogens is 5. The van der Waals surface area contributed by atoms with Gasteiger partial charge in [0, 0.05) is 23.3 Å². The van der Waals surface area contributed by atoms with Crippen molar-refractivity contribution < 1.29 is 17.9 Å². The molecule has 0 saturated carbocycles. The Hall–Kier alpha value is -1.93. The minimum Gasteiger partial charge on any atom is -0.406 e. The van der Waals surface area contributed by atoms with Gasteiger partial charge in [-0.2, -0.15) is 0 Å². The molecular formula is C17H18BrClF3N3O. The molecule has 142 valence electrons. The van der Waals surface area contributed by atoms with Gasteiger partial charge in [-0.25, -0.2) is 4.99 Å². The van der Waals surface area contributed by atoms with E-state index in [2.05, 4.69) is 25.7 Å². The monoisotopic (exact) mass is 451 g/mol. The van der Waals surface area contributed by atoms with Gasteiger partial charge < -0.3 is 15.4 Å². The molecule has 0 aliphatic rings. The Labute approximate surface area is 164 Å². The van der Waals surface area contributed by atoms with Gasteiger partial charge in [0.15, 0.2) is 0 Å². The first-order chi connectivity index (χ1) is 11.7. The van der Waals surface area contributed by atoms with E-state index in [-0.39, 0.29) is 24.1 Å². The fraction of sp³-hybridized carbons (Fsp3) is 0.235. The molecule has 0 bridgehead atoms. The quantitative estimate of drug-likeness (QED) is 0.498. The standard InChI is InChI=1S/C17H17BrF3N3O.ClH/c1-3-11-7-8-14(18)15(9-11)23-16(22)24(2)12-5-4-6-13(10-12)25-17(19,20)21;/h4-10H,3H2,1-2H3,(H2,22,23);1H. The van der Waals surface area contributed by atoms with Gasteiger partial charge in [-0.1, -0.05) is 19.1 Å². The van der Waals surface area contributed by atoms with E-state index in [0.29, 0.717) is 11.4 Å². The lowest BCUT2D eigenvalue weighted by Crippen LogP contribution is -2.33. The van der Waals surface area contributed by atoms with Crippen LogP contribution < -0.4 is 15.4 Å². The summed E-state index contributed by atoms with van der Waals surface area (Å²) in [4.78, 5) is 5.84. The molecule has 0 radical (unpaired) electrons. The van der Waals surface area contributed by atoms with Gasteiger partial charge in [-0.15, -0.1) is 25.6 Å². The Morgan fingerprint density at radius 1 is 1.23 bits per heavy atom. The van der Waals surface area contributed by atoms with Crippen molar-refractivity contribution in [2.45, 2.75) is 19.7 Å². The lowest BCUT2D eigenvalue weighted by atomic mass is 10.1. The van der Waals surface area contributed by atoms with Gasteiger partial charge in [0.05, 0.1) is 5.69 Å². The Bertz CT molecular complexity index is 784. The number of ether oxygens (including phenoxy) is 1. The highest BCUT2D eigenvalue weighted by molar-refractivity contribution is 9.10. The van der Waals surface area contributed by atoms with Gasteiger partial charge in [0.1, 0.15) is 5.75 Å². The molecule has 0 unspecified atom stereocenters. The average molecular weight is 453 g/mol. The van der Waals surface area contributed by atoms with Crippen LogP contribution in [0.3, 0.4) is 0 Å². The number of hydrogen-bond donors (Lipinski definition) is 1. The Morgan fingerprint density at radius 2 is 1.92 bits per heavy atom. The minimum absolute atomic E-state index is 0. The maximum absolute atomic E-state index is 12.3. The lowest BCUT2D eigenvalue weighted by molar-refractivity contribution is -0.274. The summed E-state index contributed by atoms with van der Waals surface area (Å²) in [6, 6.07) is 11.3. The number of aryl methyl sites for hydroxylation is 1. The van der Waals surface area contributed by atoms with Crippen LogP contribution in [0.2, 0.25) is 0 Å². The second kappa shape index (κ2) is 9.14. The highest BCUT2D eigenvalue weighted by Crippen LogP contribution is 2.29. The van der Waals surface area contributed by atoms with Crippen molar-refractivity contribution in [1.29, 1.82) is 0 Å². The third-order valence-electron chi connectivity index (χ3n) is 3.44. The molecule has 2 rings (SSSR count). The third-order valence-corrected chi connectivity index (χ3v) is 4.11. The van der Waals surface area contributed by atoms with Crippen LogP contribution in [0.5, 0.6) is 5.75 Å². The van der Waals surface area contributed by atoms with Crippen LogP contribution in [0.15, 0.2) is 51.9 Å². The van der Waals surface area contributed by atoms with Crippen molar-refractivity contribution in [1.82, 2.24) is 0 Å². The largest absolute Gasteiger partial charge is 0.573 e. The molecule has 0 aliphatic heterocycles. The summed E-state index contributed by atoms with van der Waals surface area (Å²) >= 11 is 3.41. The molecule has 0 spiro atoms. The Balaban J connectivity index is 0.00000338. The van der Waals surface area contributed by atoms with E-state index in [1.54, 1.807) is 13.1 Å². The first kappa shape index (κ1) is 22.1. The molecule has 0 amide bonds. The second-order valence-corrected chi connectivity index (χ2v) is 6.07. The van der Waals surface area contributed by atoms with Crippen LogP contribution in [0.1, 0.15) is 12.5 Å². The first-order valence-electron chi connectivity index (χ1n) is 7.41. The maximum Gasteiger partial charge on any atom is 0.573 e. The van der Waals surface area contributed by atoms with Crippen molar-refractivity contribution in [3.8, 4) is 5.75 Å². The van der Waals surface area contributed by atoms with Gasteiger partial charge in [0.2, 0.25) is 5.96 Å². The topological polar surface area (TPSA) is 50.8 Å².